The number of nitrogens with two attached hydrogens (primary N) is 2. The Kier molecular flexibility index (Phi) is 22.9. The Morgan fingerprint density at radius 3 is 1.29 bits per heavy atom. The van der Waals surface area contributed by atoms with Crippen LogP contribution in [-0.4, -0.2) is 100 Å². The third-order valence-corrected chi connectivity index (χ3v) is 21.1. The number of carbonyl (C=O) groups is 10. The van der Waals surface area contributed by atoms with Crippen molar-refractivity contribution >= 4 is 59.0 Å². The molecule has 0 radical (unpaired) electrons. The van der Waals surface area contributed by atoms with Crippen molar-refractivity contribution in [1.29, 1.82) is 0 Å². The molecule has 0 bridgehead atoms. The van der Waals surface area contributed by atoms with E-state index in [1.54, 1.807) is 9.80 Å². The maximum Gasteiger partial charge on any atom is 0.285 e. The first-order valence-corrected chi connectivity index (χ1v) is 30.7. The number of amides is 4. The summed E-state index contributed by atoms with van der Waals surface area (Å²) >= 11 is 0. The Balaban J connectivity index is 0.000000286. The first kappa shape index (κ1) is 65.5. The lowest BCUT2D eigenvalue weighted by Gasteiger charge is -2.40. The molecule has 10 atom stereocenters. The maximum absolute atomic E-state index is 14.6. The number of carbonyl (C=O) groups excluding carboxylic acids is 10. The molecule has 16 heteroatoms. The van der Waals surface area contributed by atoms with Gasteiger partial charge in [0.1, 0.15) is 5.78 Å². The van der Waals surface area contributed by atoms with Gasteiger partial charge in [-0.1, -0.05) is 171 Å². The number of nitrogens with zero attached hydrogens (tertiary/aromatic N) is 2. The van der Waals surface area contributed by atoms with Gasteiger partial charge >= 0.3 is 0 Å². The molecule has 0 aromatic heterocycles. The van der Waals surface area contributed by atoms with Gasteiger partial charge in [-0.15, -0.1) is 0 Å². The molecule has 16 nitrogen and oxygen atoms in total. The van der Waals surface area contributed by atoms with E-state index in [0.29, 0.717) is 38.3 Å². The zero-order valence-electron chi connectivity index (χ0n) is 50.1. The lowest BCUT2D eigenvalue weighted by Crippen LogP contribution is -2.74. The van der Waals surface area contributed by atoms with Crippen molar-refractivity contribution < 1.29 is 58.8 Å². The summed E-state index contributed by atoms with van der Waals surface area (Å²) in [6, 6.07) is -1.57. The van der Waals surface area contributed by atoms with Crippen molar-refractivity contribution in [2.45, 2.75) is 254 Å². The molecule has 4 heterocycles. The molecule has 4 aliphatic heterocycles. The van der Waals surface area contributed by atoms with Gasteiger partial charge in [0.15, 0.2) is 17.6 Å². The fraction of sp³-hybridized carbons (Fsp3) is 0.841. The average molecular weight is 1110 g/mol. The van der Waals surface area contributed by atoms with Crippen molar-refractivity contribution in [2.24, 2.45) is 80.0 Å². The third-order valence-electron chi connectivity index (χ3n) is 21.1. The zero-order chi connectivity index (χ0) is 58.8. The minimum Gasteiger partial charge on any atom is -0.554 e. The molecular formula is C63H103N5O11. The second-order valence-corrected chi connectivity index (χ2v) is 28.5. The predicted octanol–water partition coefficient (Wildman–Crippen LogP) is 7.21. The van der Waals surface area contributed by atoms with Crippen LogP contribution in [0.5, 0.6) is 0 Å². The van der Waals surface area contributed by atoms with Crippen LogP contribution in [0.2, 0.25) is 0 Å². The van der Waals surface area contributed by atoms with Crippen LogP contribution in [-0.2, 0) is 47.9 Å². The molecule has 7 fully saturated rings. The van der Waals surface area contributed by atoms with E-state index >= 15 is 0 Å². The van der Waals surface area contributed by atoms with Crippen LogP contribution in [0.25, 0.3) is 0 Å². The molecular weight excluding hydrogens is 1000 g/mol. The van der Waals surface area contributed by atoms with E-state index in [0.717, 1.165) is 128 Å². The minimum absolute atomic E-state index is 0.00519. The van der Waals surface area contributed by atoms with Gasteiger partial charge in [-0.3, -0.25) is 43.2 Å². The lowest BCUT2D eigenvalue weighted by molar-refractivity contribution is -0.430. The van der Waals surface area contributed by atoms with E-state index in [1.165, 1.54) is 6.42 Å². The summed E-state index contributed by atoms with van der Waals surface area (Å²) in [5.74, 6) is -4.71. The molecule has 3 aliphatic carbocycles. The zero-order valence-corrected chi connectivity index (χ0v) is 50.1. The van der Waals surface area contributed by atoms with Crippen molar-refractivity contribution in [1.82, 2.24) is 9.80 Å². The van der Waals surface area contributed by atoms with Gasteiger partial charge in [-0.25, -0.2) is 0 Å². The molecule has 2 unspecified atom stereocenters. The Morgan fingerprint density at radius 1 is 0.544 bits per heavy atom. The smallest absolute Gasteiger partial charge is 0.285 e. The van der Waals surface area contributed by atoms with Crippen molar-refractivity contribution in [3.05, 3.63) is 0 Å². The summed E-state index contributed by atoms with van der Waals surface area (Å²) in [4.78, 5) is 130. The molecule has 7 aliphatic rings. The predicted molar refractivity (Wildman–Crippen MR) is 299 cm³/mol. The normalized spacial score (nSPS) is 32.9. The van der Waals surface area contributed by atoms with E-state index in [4.69, 9.17) is 21.4 Å². The summed E-state index contributed by atoms with van der Waals surface area (Å²) in [6.07, 6.45) is 23.6. The summed E-state index contributed by atoms with van der Waals surface area (Å²) in [5.41, 5.74) is 14.3. The number of primary amides is 2. The van der Waals surface area contributed by atoms with Gasteiger partial charge in [0.2, 0.25) is 17.5 Å². The summed E-state index contributed by atoms with van der Waals surface area (Å²) in [5, 5.41) is 8.25. The Bertz CT molecular complexity index is 2210. The topological polar surface area (TPSA) is 280 Å². The van der Waals surface area contributed by atoms with Crippen molar-refractivity contribution in [3.63, 3.8) is 0 Å². The fourth-order valence-corrected chi connectivity index (χ4v) is 15.4. The number of quaternary nitrogens is 1. The van der Waals surface area contributed by atoms with Crippen molar-refractivity contribution in [2.75, 3.05) is 13.1 Å². The van der Waals surface area contributed by atoms with Crippen LogP contribution in [0, 0.1) is 68.5 Å². The highest BCUT2D eigenvalue weighted by atomic mass is 16.3. The first-order valence-electron chi connectivity index (χ1n) is 30.7. The Morgan fingerprint density at radius 2 is 0.886 bits per heavy atom. The van der Waals surface area contributed by atoms with E-state index in [1.807, 2.05) is 0 Å². The van der Waals surface area contributed by atoms with Gasteiger partial charge in [0.25, 0.3) is 17.7 Å². The number of piperidine rings is 2. The van der Waals surface area contributed by atoms with E-state index < -0.39 is 65.7 Å². The fourth-order valence-electron chi connectivity index (χ4n) is 15.4. The maximum atomic E-state index is 14.6. The van der Waals surface area contributed by atoms with Crippen LogP contribution < -0.4 is 22.3 Å². The monoisotopic (exact) mass is 1110 g/mol. The molecule has 79 heavy (non-hydrogen) atoms. The van der Waals surface area contributed by atoms with Gasteiger partial charge < -0.3 is 36.9 Å². The largest absolute Gasteiger partial charge is 0.554 e. The average Bonchev–Trinajstić information content (AvgIpc) is 3.38. The lowest BCUT2D eigenvalue weighted by atomic mass is 9.68. The standard InChI is InChI=1S/C36H58N2O5.C26H43N3O4.CH2O2/c1-34(2)17-13-10-8-6-7-9-12-16-24(31(41)32(37)42)20-28(40)30-29-27(35(29,3)4)23-38(30)33(43)26(34)21-25(39)22-36(5)18-14-11-15-19-36;1-25(2)13-11-9-7-5-6-8-10-12-16(21(31)23(28)32)14-18(30)20-19-17(26(19,3)4)15-29(20)24(33)22(25)27;2-1-3/h24,26-27,29-30H,6-23H2,1-5H3,(H2,37,42);16-17,19-20,22H,5-15,27H2,1-4H3,(H2,28,32);1H,(H,2,3)/t24-,26-,27?,29+,30-;16-,17?,19+,20-,22-;/m11./s1. The van der Waals surface area contributed by atoms with E-state index in [2.05, 4.69) is 68.0 Å². The number of Topliss-reactive ketones (excluding diaryl/α,β-unsaturated/α-hetero) is 5. The van der Waals surface area contributed by atoms with Gasteiger partial charge in [0, 0.05) is 62.5 Å². The summed E-state index contributed by atoms with van der Waals surface area (Å²) in [7, 11) is 0. The number of carboxylic acid groups (broad SMARTS) is 1. The molecule has 7 rings (SSSR count). The van der Waals surface area contributed by atoms with Gasteiger partial charge in [-0.05, 0) is 83.9 Å². The number of ketones is 5. The number of hydrogen-bond acceptors (Lipinski definition) is 11. The molecule has 0 aromatic carbocycles. The van der Waals surface area contributed by atoms with Crippen LogP contribution in [0.4, 0.5) is 0 Å². The van der Waals surface area contributed by atoms with Crippen LogP contribution >= 0.6 is 0 Å². The number of rotatable bonds is 8. The Labute approximate surface area is 472 Å². The van der Waals surface area contributed by atoms with Gasteiger partial charge in [-0.2, -0.15) is 0 Å². The second-order valence-electron chi connectivity index (χ2n) is 28.5. The number of hydrogen-bond donors (Lipinski definition) is 3. The SMILES string of the molecule is CC1(C)CCCCCCCCC[C@@H](C(=O)C(N)=O)CC(=O)[C@@H]2[C@@H]3C(CN2C(=O)[C@H]1[NH3+])C3(C)C.CC1(CC(=O)C[C@@H]2C(=O)N3CC4[C@@H]([C@H]3C(=O)C[C@H](C(=O)C(N)=O)CCCCCCCCCC2(C)C)C4(C)C)CCCCC1.O=C[O-]. The quantitative estimate of drug-likeness (QED) is 0.161. The first-order chi connectivity index (χ1) is 37.0. The molecule has 0 spiro atoms. The molecule has 4 amide bonds. The highest BCUT2D eigenvalue weighted by Gasteiger charge is 2.71. The number of fused-ring (bicyclic) bond motifs is 6. The molecule has 7 N–H and O–H groups in total. The highest BCUT2D eigenvalue weighted by Crippen LogP contribution is 2.66. The van der Waals surface area contributed by atoms with Crippen LogP contribution in [0.1, 0.15) is 236 Å². The second kappa shape index (κ2) is 27.6. The van der Waals surface area contributed by atoms with Crippen molar-refractivity contribution in [3.8, 4) is 0 Å². The highest BCUT2D eigenvalue weighted by molar-refractivity contribution is 6.37. The van der Waals surface area contributed by atoms with Crippen LogP contribution in [0.15, 0.2) is 0 Å². The van der Waals surface area contributed by atoms with Gasteiger partial charge in [0.05, 0.1) is 18.0 Å². The molecule has 0 aromatic rings. The van der Waals surface area contributed by atoms with Crippen LogP contribution in [0.3, 0.4) is 0 Å². The molecule has 3 saturated carbocycles. The Hall–Kier alpha value is -4.34. The van der Waals surface area contributed by atoms with E-state index in [9.17, 15) is 43.2 Å². The molecule has 4 saturated heterocycles. The summed E-state index contributed by atoms with van der Waals surface area (Å²) in [6.45, 7) is 19.9. The van der Waals surface area contributed by atoms with E-state index in [-0.39, 0.29) is 93.3 Å². The minimum atomic E-state index is -0.986. The third kappa shape index (κ3) is 16.2. The summed E-state index contributed by atoms with van der Waals surface area (Å²) < 4.78 is 0. The molecule has 446 valence electrons.